The molecule has 0 aliphatic carbocycles. The Balaban J connectivity index is 1.80. The molecule has 7 nitrogen and oxygen atoms in total. The predicted molar refractivity (Wildman–Crippen MR) is 126 cm³/mol. The van der Waals surface area contributed by atoms with Gasteiger partial charge in [0.1, 0.15) is 0 Å². The summed E-state index contributed by atoms with van der Waals surface area (Å²) < 4.78 is 33.9. The van der Waals surface area contributed by atoms with E-state index in [1.807, 2.05) is 22.8 Å². The molecule has 4 rings (SSSR count). The number of carbonyl (C=O) groups is 1. The first kappa shape index (κ1) is 22.3. The number of ether oxygens (including phenoxy) is 1. The van der Waals surface area contributed by atoms with Crippen molar-refractivity contribution in [1.82, 2.24) is 8.87 Å². The van der Waals surface area contributed by atoms with Crippen molar-refractivity contribution in [2.45, 2.75) is 11.4 Å². The highest BCUT2D eigenvalue weighted by Crippen LogP contribution is 2.27. The number of fused-ring (bicyclic) bond motifs is 3. The molecule has 1 amide bonds. The molecule has 166 valence electrons. The third-order valence-corrected chi connectivity index (χ3v) is 8.13. The summed E-state index contributed by atoms with van der Waals surface area (Å²) in [6.07, 6.45) is 0. The lowest BCUT2D eigenvalue weighted by atomic mass is 10.1. The van der Waals surface area contributed by atoms with Gasteiger partial charge >= 0.3 is 0 Å². The fourth-order valence-corrected chi connectivity index (χ4v) is 5.51. The number of thiazole rings is 1. The van der Waals surface area contributed by atoms with E-state index in [9.17, 15) is 13.2 Å². The van der Waals surface area contributed by atoms with E-state index in [1.54, 1.807) is 7.11 Å². The molecule has 0 aliphatic heterocycles. The molecule has 1 aromatic heterocycles. The Morgan fingerprint density at radius 1 is 1.06 bits per heavy atom. The molecule has 0 bridgehead atoms. The monoisotopic (exact) mass is 469 g/mol. The van der Waals surface area contributed by atoms with Crippen LogP contribution in [0.2, 0.25) is 0 Å². The summed E-state index contributed by atoms with van der Waals surface area (Å²) in [5, 5.41) is 2.23. The molecule has 9 heteroatoms. The van der Waals surface area contributed by atoms with E-state index >= 15 is 0 Å². The number of nitrogens with zero attached hydrogens (tertiary/aromatic N) is 3. The van der Waals surface area contributed by atoms with Crippen LogP contribution in [0, 0.1) is 0 Å². The topological polar surface area (TPSA) is 81.0 Å². The Kier molecular flexibility index (Phi) is 6.25. The van der Waals surface area contributed by atoms with Crippen LogP contribution in [0.4, 0.5) is 0 Å². The summed E-state index contributed by atoms with van der Waals surface area (Å²) in [6, 6.07) is 18.0. The first-order valence-corrected chi connectivity index (χ1v) is 12.2. The van der Waals surface area contributed by atoms with Gasteiger partial charge < -0.3 is 9.30 Å². The zero-order valence-corrected chi connectivity index (χ0v) is 19.6. The van der Waals surface area contributed by atoms with Crippen molar-refractivity contribution in [1.29, 1.82) is 0 Å². The van der Waals surface area contributed by atoms with Gasteiger partial charge in [0.15, 0.2) is 4.80 Å². The van der Waals surface area contributed by atoms with Gasteiger partial charge in [-0.3, -0.25) is 4.79 Å². The van der Waals surface area contributed by atoms with Gasteiger partial charge in [0.2, 0.25) is 10.0 Å². The van der Waals surface area contributed by atoms with Crippen LogP contribution in [0.5, 0.6) is 0 Å². The SMILES string of the molecule is COCCn1c(=NC(=O)c2ccc(S(=O)(=O)N(C)C)cc2)sc2c3ccccc3ccc21. The summed E-state index contributed by atoms with van der Waals surface area (Å²) in [6.45, 7) is 1.04. The Morgan fingerprint density at radius 3 is 2.47 bits per heavy atom. The lowest BCUT2D eigenvalue weighted by Crippen LogP contribution is -2.22. The fourth-order valence-electron chi connectivity index (χ4n) is 3.41. The number of amides is 1. The van der Waals surface area contributed by atoms with Crippen molar-refractivity contribution in [3.63, 3.8) is 0 Å². The zero-order chi connectivity index (χ0) is 22.9. The van der Waals surface area contributed by atoms with E-state index in [0.717, 1.165) is 25.3 Å². The Bertz CT molecular complexity index is 1470. The predicted octanol–water partition coefficient (Wildman–Crippen LogP) is 3.49. The molecule has 0 atom stereocenters. The molecule has 0 spiro atoms. The van der Waals surface area contributed by atoms with Crippen molar-refractivity contribution in [2.24, 2.45) is 4.99 Å². The normalized spacial score (nSPS) is 12.8. The smallest absolute Gasteiger partial charge is 0.279 e. The van der Waals surface area contributed by atoms with Gasteiger partial charge in [-0.1, -0.05) is 41.7 Å². The summed E-state index contributed by atoms with van der Waals surface area (Å²) in [5.41, 5.74) is 1.31. The highest BCUT2D eigenvalue weighted by atomic mass is 32.2. The third kappa shape index (κ3) is 4.12. The fraction of sp³-hybridized carbons (Fsp3) is 0.217. The van der Waals surface area contributed by atoms with Crippen LogP contribution < -0.4 is 4.80 Å². The van der Waals surface area contributed by atoms with Gasteiger partial charge in [-0.05, 0) is 35.7 Å². The Labute approximate surface area is 190 Å². The number of rotatable bonds is 6. The molecule has 0 aliphatic rings. The van der Waals surface area contributed by atoms with Gasteiger partial charge in [0, 0.05) is 38.7 Å². The minimum atomic E-state index is -3.56. The number of aromatic nitrogens is 1. The highest BCUT2D eigenvalue weighted by Gasteiger charge is 2.18. The summed E-state index contributed by atoms with van der Waals surface area (Å²) in [4.78, 5) is 18.0. The lowest BCUT2D eigenvalue weighted by molar-refractivity contribution is 0.0997. The van der Waals surface area contributed by atoms with Gasteiger partial charge in [0.05, 0.1) is 21.7 Å². The molecule has 0 saturated heterocycles. The highest BCUT2D eigenvalue weighted by molar-refractivity contribution is 7.89. The van der Waals surface area contributed by atoms with E-state index in [1.165, 1.54) is 49.7 Å². The van der Waals surface area contributed by atoms with Crippen LogP contribution in [-0.4, -0.2) is 51.0 Å². The molecule has 1 heterocycles. The van der Waals surface area contributed by atoms with Crippen LogP contribution in [0.3, 0.4) is 0 Å². The maximum atomic E-state index is 12.9. The number of hydrogen-bond donors (Lipinski definition) is 0. The Hall–Kier alpha value is -2.85. The summed E-state index contributed by atoms with van der Waals surface area (Å²) in [5.74, 6) is -0.430. The third-order valence-electron chi connectivity index (χ3n) is 5.17. The van der Waals surface area contributed by atoms with Crippen LogP contribution in [0.15, 0.2) is 70.6 Å². The second-order valence-corrected chi connectivity index (χ2v) is 10.5. The van der Waals surface area contributed by atoms with Crippen molar-refractivity contribution in [3.8, 4) is 0 Å². The van der Waals surface area contributed by atoms with Crippen molar-refractivity contribution in [3.05, 3.63) is 71.0 Å². The van der Waals surface area contributed by atoms with Crippen molar-refractivity contribution < 1.29 is 17.9 Å². The maximum absolute atomic E-state index is 12.9. The molecule has 4 aromatic rings. The van der Waals surface area contributed by atoms with E-state index in [2.05, 4.69) is 23.2 Å². The number of benzene rings is 3. The zero-order valence-electron chi connectivity index (χ0n) is 18.0. The van der Waals surface area contributed by atoms with Crippen LogP contribution in [0.25, 0.3) is 21.0 Å². The van der Waals surface area contributed by atoms with Crippen LogP contribution in [-0.2, 0) is 21.3 Å². The van der Waals surface area contributed by atoms with Gasteiger partial charge in [0.25, 0.3) is 5.91 Å². The van der Waals surface area contributed by atoms with Crippen LogP contribution >= 0.6 is 11.3 Å². The number of hydrogen-bond acceptors (Lipinski definition) is 5. The van der Waals surface area contributed by atoms with E-state index in [-0.39, 0.29) is 4.90 Å². The summed E-state index contributed by atoms with van der Waals surface area (Å²) >= 11 is 1.46. The quantitative estimate of drug-likeness (QED) is 0.433. The van der Waals surface area contributed by atoms with E-state index < -0.39 is 15.9 Å². The van der Waals surface area contributed by atoms with Gasteiger partial charge in [-0.2, -0.15) is 4.99 Å². The van der Waals surface area contributed by atoms with Crippen LogP contribution in [0.1, 0.15) is 10.4 Å². The molecule has 3 aromatic carbocycles. The maximum Gasteiger partial charge on any atom is 0.279 e. The van der Waals surface area contributed by atoms with E-state index in [4.69, 9.17) is 4.74 Å². The molecular formula is C23H23N3O4S2. The molecule has 32 heavy (non-hydrogen) atoms. The van der Waals surface area contributed by atoms with Crippen molar-refractivity contribution >= 4 is 48.3 Å². The van der Waals surface area contributed by atoms with Crippen molar-refractivity contribution in [2.75, 3.05) is 27.8 Å². The van der Waals surface area contributed by atoms with Gasteiger partial charge in [-0.15, -0.1) is 0 Å². The minimum Gasteiger partial charge on any atom is -0.383 e. The average molecular weight is 470 g/mol. The molecule has 0 unspecified atom stereocenters. The van der Waals surface area contributed by atoms with Gasteiger partial charge in [-0.25, -0.2) is 12.7 Å². The number of methoxy groups -OCH3 is 1. The largest absolute Gasteiger partial charge is 0.383 e. The number of carbonyl (C=O) groups excluding carboxylic acids is 1. The molecule has 0 radical (unpaired) electrons. The lowest BCUT2D eigenvalue weighted by Gasteiger charge is -2.11. The first-order chi connectivity index (χ1) is 15.3. The molecular weight excluding hydrogens is 446 g/mol. The molecule has 0 fully saturated rings. The Morgan fingerprint density at radius 2 is 1.78 bits per heavy atom. The van der Waals surface area contributed by atoms with E-state index in [0.29, 0.717) is 23.5 Å². The number of sulfonamides is 1. The first-order valence-electron chi connectivity index (χ1n) is 9.94. The second kappa shape index (κ2) is 8.95. The second-order valence-electron chi connectivity index (χ2n) is 7.39. The minimum absolute atomic E-state index is 0.127. The average Bonchev–Trinajstić information content (AvgIpc) is 3.14. The standard InChI is InChI=1S/C23H23N3O4S2/c1-25(2)32(28,29)18-11-8-17(9-12-18)22(27)24-23-26(14-15-30-3)20-13-10-16-6-4-5-7-19(16)21(20)31-23/h4-13H,14-15H2,1-3H3. The molecule has 0 N–H and O–H groups in total. The molecule has 0 saturated carbocycles. The summed E-state index contributed by atoms with van der Waals surface area (Å²) in [7, 11) is 1.01.